The number of nitrogens with zero attached hydrogens (tertiary/aromatic N) is 2. The smallest absolute Gasteiger partial charge is 0.115 e. The van der Waals surface area contributed by atoms with Gasteiger partial charge in [0.25, 0.3) is 0 Å². The maximum Gasteiger partial charge on any atom is 0.115 e. The summed E-state index contributed by atoms with van der Waals surface area (Å²) in [7, 11) is 0. The average Bonchev–Trinajstić information content (AvgIpc) is 2.89. The van der Waals surface area contributed by atoms with E-state index in [0.717, 1.165) is 12.5 Å². The quantitative estimate of drug-likeness (QED) is 0.633. The molecule has 2 rings (SSSR count). The first-order chi connectivity index (χ1) is 5.83. The molecule has 0 atom stereocenters. The van der Waals surface area contributed by atoms with Crippen LogP contribution >= 0.6 is 0 Å². The van der Waals surface area contributed by atoms with Crippen LogP contribution in [0.25, 0.3) is 0 Å². The molecule has 4 N–H and O–H groups in total. The molecule has 1 aliphatic carbocycles. The molecule has 0 aromatic carbocycles. The summed E-state index contributed by atoms with van der Waals surface area (Å²) in [5.74, 6) is 0.912. The van der Waals surface area contributed by atoms with Crippen LogP contribution in [0, 0.1) is 5.92 Å². The summed E-state index contributed by atoms with van der Waals surface area (Å²) in [5, 5.41) is 0. The lowest BCUT2D eigenvalue weighted by molar-refractivity contribution is 0.847. The fourth-order valence-electron chi connectivity index (χ4n) is 0.664. The third kappa shape index (κ3) is 3.88. The van der Waals surface area contributed by atoms with Gasteiger partial charge in [-0.15, -0.1) is 0 Å². The standard InChI is InChI=1S/C4H5N3.C4H9N/c5-4-1-6-3-7-2-4;5-3-4-1-2-4/h1-3H,5H2;4H,1-3,5H2. The summed E-state index contributed by atoms with van der Waals surface area (Å²) >= 11 is 0. The van der Waals surface area contributed by atoms with Gasteiger partial charge in [0.05, 0.1) is 18.1 Å². The third-order valence-electron chi connectivity index (χ3n) is 1.61. The lowest BCUT2D eigenvalue weighted by Crippen LogP contribution is -1.98. The van der Waals surface area contributed by atoms with E-state index in [-0.39, 0.29) is 0 Å². The van der Waals surface area contributed by atoms with Crippen molar-refractivity contribution < 1.29 is 0 Å². The molecule has 0 aliphatic heterocycles. The number of nitrogens with two attached hydrogens (primary N) is 2. The van der Waals surface area contributed by atoms with Crippen LogP contribution in [0.1, 0.15) is 12.8 Å². The Labute approximate surface area is 72.0 Å². The van der Waals surface area contributed by atoms with Crippen LogP contribution in [-0.2, 0) is 0 Å². The van der Waals surface area contributed by atoms with Crippen molar-refractivity contribution in [2.45, 2.75) is 12.8 Å². The van der Waals surface area contributed by atoms with Gasteiger partial charge in [-0.25, -0.2) is 9.97 Å². The monoisotopic (exact) mass is 166 g/mol. The van der Waals surface area contributed by atoms with Gasteiger partial charge < -0.3 is 11.5 Å². The molecule has 1 fully saturated rings. The van der Waals surface area contributed by atoms with Gasteiger partial charge in [0.1, 0.15) is 6.33 Å². The highest BCUT2D eigenvalue weighted by molar-refractivity contribution is 5.28. The van der Waals surface area contributed by atoms with E-state index in [1.54, 1.807) is 12.4 Å². The molecular weight excluding hydrogens is 152 g/mol. The maximum atomic E-state index is 5.23. The molecule has 4 heteroatoms. The van der Waals surface area contributed by atoms with Crippen molar-refractivity contribution in [3.63, 3.8) is 0 Å². The molecule has 0 radical (unpaired) electrons. The zero-order chi connectivity index (χ0) is 8.81. The Hall–Kier alpha value is -1.16. The first kappa shape index (κ1) is 8.93. The fraction of sp³-hybridized carbons (Fsp3) is 0.500. The second kappa shape index (κ2) is 4.66. The number of aromatic nitrogens is 2. The van der Waals surface area contributed by atoms with Gasteiger partial charge in [-0.3, -0.25) is 0 Å². The van der Waals surface area contributed by atoms with E-state index < -0.39 is 0 Å². The van der Waals surface area contributed by atoms with E-state index in [4.69, 9.17) is 11.5 Å². The van der Waals surface area contributed by atoms with Gasteiger partial charge in [0.2, 0.25) is 0 Å². The molecule has 4 nitrogen and oxygen atoms in total. The number of rotatable bonds is 1. The van der Waals surface area contributed by atoms with E-state index in [2.05, 4.69) is 9.97 Å². The molecule has 1 aliphatic rings. The molecule has 1 aromatic rings. The first-order valence-corrected chi connectivity index (χ1v) is 4.03. The zero-order valence-electron chi connectivity index (χ0n) is 6.98. The molecule has 1 saturated carbocycles. The molecule has 1 heterocycles. The lowest BCUT2D eigenvalue weighted by atomic mass is 10.5. The summed E-state index contributed by atoms with van der Waals surface area (Å²) < 4.78 is 0. The van der Waals surface area contributed by atoms with Gasteiger partial charge in [-0.1, -0.05) is 0 Å². The fourth-order valence-corrected chi connectivity index (χ4v) is 0.664. The summed E-state index contributed by atoms with van der Waals surface area (Å²) in [4.78, 5) is 7.30. The summed E-state index contributed by atoms with van der Waals surface area (Å²) in [6.45, 7) is 0.917. The van der Waals surface area contributed by atoms with Crippen LogP contribution in [0.2, 0.25) is 0 Å². The maximum absolute atomic E-state index is 5.23. The lowest BCUT2D eigenvalue weighted by Gasteiger charge is -1.82. The molecule has 0 bridgehead atoms. The van der Waals surface area contributed by atoms with Crippen molar-refractivity contribution in [2.75, 3.05) is 12.3 Å². The average molecular weight is 166 g/mol. The Balaban J connectivity index is 0.000000127. The van der Waals surface area contributed by atoms with E-state index in [9.17, 15) is 0 Å². The Morgan fingerprint density at radius 1 is 1.33 bits per heavy atom. The second-order valence-corrected chi connectivity index (χ2v) is 2.85. The largest absolute Gasteiger partial charge is 0.396 e. The summed E-state index contributed by atoms with van der Waals surface area (Å²) in [6, 6.07) is 0. The van der Waals surface area contributed by atoms with E-state index >= 15 is 0 Å². The van der Waals surface area contributed by atoms with E-state index in [1.165, 1.54) is 19.2 Å². The minimum absolute atomic E-state index is 0.600. The highest BCUT2D eigenvalue weighted by atomic mass is 14.8. The Bertz CT molecular complexity index is 208. The van der Waals surface area contributed by atoms with Crippen molar-refractivity contribution in [1.82, 2.24) is 9.97 Å². The van der Waals surface area contributed by atoms with Crippen molar-refractivity contribution >= 4 is 5.69 Å². The van der Waals surface area contributed by atoms with Crippen LogP contribution in [0.5, 0.6) is 0 Å². The predicted octanol–water partition coefficient (Wildman–Crippen LogP) is 0.414. The minimum Gasteiger partial charge on any atom is -0.396 e. The number of hydrogen-bond acceptors (Lipinski definition) is 4. The highest BCUT2D eigenvalue weighted by Crippen LogP contribution is 2.26. The molecule has 0 amide bonds. The molecule has 0 unspecified atom stereocenters. The number of nitrogen functional groups attached to an aromatic ring is 1. The van der Waals surface area contributed by atoms with E-state index in [0.29, 0.717) is 5.69 Å². The topological polar surface area (TPSA) is 77.8 Å². The number of anilines is 1. The van der Waals surface area contributed by atoms with E-state index in [1.807, 2.05) is 0 Å². The van der Waals surface area contributed by atoms with Gasteiger partial charge in [-0.05, 0) is 25.3 Å². The predicted molar refractivity (Wildman–Crippen MR) is 48.2 cm³/mol. The van der Waals surface area contributed by atoms with Crippen molar-refractivity contribution in [1.29, 1.82) is 0 Å². The van der Waals surface area contributed by atoms with Gasteiger partial charge in [-0.2, -0.15) is 0 Å². The van der Waals surface area contributed by atoms with Gasteiger partial charge in [0.15, 0.2) is 0 Å². The Morgan fingerprint density at radius 2 is 1.92 bits per heavy atom. The van der Waals surface area contributed by atoms with Crippen LogP contribution in [0.3, 0.4) is 0 Å². The second-order valence-electron chi connectivity index (χ2n) is 2.85. The molecule has 0 saturated heterocycles. The number of hydrogen-bond donors (Lipinski definition) is 2. The molecule has 12 heavy (non-hydrogen) atoms. The Kier molecular flexibility index (Phi) is 3.47. The van der Waals surface area contributed by atoms with Crippen molar-refractivity contribution in [3.8, 4) is 0 Å². The van der Waals surface area contributed by atoms with Gasteiger partial charge in [0, 0.05) is 0 Å². The molecule has 0 spiro atoms. The van der Waals surface area contributed by atoms with Crippen LogP contribution in [0.15, 0.2) is 18.7 Å². The molecule has 66 valence electrons. The molecule has 1 aromatic heterocycles. The minimum atomic E-state index is 0.600. The normalized spacial score (nSPS) is 14.8. The third-order valence-corrected chi connectivity index (χ3v) is 1.61. The van der Waals surface area contributed by atoms with Crippen LogP contribution < -0.4 is 11.5 Å². The highest BCUT2D eigenvalue weighted by Gasteiger charge is 2.17. The van der Waals surface area contributed by atoms with Gasteiger partial charge >= 0.3 is 0 Å². The van der Waals surface area contributed by atoms with Crippen LogP contribution in [0.4, 0.5) is 5.69 Å². The van der Waals surface area contributed by atoms with Crippen molar-refractivity contribution in [3.05, 3.63) is 18.7 Å². The molecular formula is C8H14N4. The van der Waals surface area contributed by atoms with Crippen LogP contribution in [-0.4, -0.2) is 16.5 Å². The summed E-state index contributed by atoms with van der Waals surface area (Å²) in [6.07, 6.45) is 7.31. The zero-order valence-corrected chi connectivity index (χ0v) is 6.98. The SMILES string of the molecule is NCC1CC1.Nc1cncnc1. The van der Waals surface area contributed by atoms with Crippen molar-refractivity contribution in [2.24, 2.45) is 11.7 Å². The Morgan fingerprint density at radius 3 is 2.08 bits per heavy atom. The summed E-state index contributed by atoms with van der Waals surface area (Å²) in [5.41, 5.74) is 11.1. The first-order valence-electron chi connectivity index (χ1n) is 4.03.